The molecule has 170 valence electrons. The van der Waals surface area contributed by atoms with Crippen LogP contribution >= 0.6 is 0 Å². The molecular weight excluding hydrogens is 422 g/mol. The van der Waals surface area contributed by atoms with Gasteiger partial charge in [0.1, 0.15) is 6.33 Å². The van der Waals surface area contributed by atoms with Gasteiger partial charge in [0, 0.05) is 45.2 Å². The Morgan fingerprint density at radius 2 is 2.15 bits per heavy atom. The van der Waals surface area contributed by atoms with Gasteiger partial charge in [-0.25, -0.2) is 9.97 Å². The van der Waals surface area contributed by atoms with Gasteiger partial charge in [0.05, 0.1) is 24.2 Å². The van der Waals surface area contributed by atoms with Gasteiger partial charge in [0.15, 0.2) is 0 Å². The minimum atomic E-state index is -0.128. The van der Waals surface area contributed by atoms with E-state index >= 15 is 0 Å². The molecule has 1 aliphatic rings. The third-order valence-corrected chi connectivity index (χ3v) is 5.58. The molecule has 3 aromatic rings. The van der Waals surface area contributed by atoms with Crippen molar-refractivity contribution in [3.63, 3.8) is 0 Å². The Balaban J connectivity index is 1.33. The van der Waals surface area contributed by atoms with Gasteiger partial charge >= 0.3 is 0 Å². The molecule has 3 heterocycles. The highest BCUT2D eigenvalue weighted by atomic mass is 16.5. The van der Waals surface area contributed by atoms with Crippen LogP contribution in [-0.2, 0) is 16.0 Å². The molecule has 1 aliphatic heterocycles. The number of hydrogen-bond acceptors (Lipinski definition) is 9. The quantitative estimate of drug-likeness (QED) is 0.615. The summed E-state index contributed by atoms with van der Waals surface area (Å²) < 4.78 is 7.49. The summed E-state index contributed by atoms with van der Waals surface area (Å²) >= 11 is 0. The Labute approximate surface area is 191 Å². The van der Waals surface area contributed by atoms with Crippen molar-refractivity contribution in [2.45, 2.75) is 25.9 Å². The van der Waals surface area contributed by atoms with E-state index in [0.717, 1.165) is 23.1 Å². The van der Waals surface area contributed by atoms with E-state index in [1.165, 1.54) is 11.0 Å². The molecule has 1 N–H and O–H groups in total. The van der Waals surface area contributed by atoms with Crippen LogP contribution in [-0.4, -0.2) is 73.8 Å². The van der Waals surface area contributed by atoms with Gasteiger partial charge < -0.3 is 15.0 Å². The first kappa shape index (κ1) is 22.4. The van der Waals surface area contributed by atoms with Crippen LogP contribution in [0.4, 0.5) is 0 Å². The number of tetrazole rings is 1. The number of ether oxygens (including phenoxy) is 1. The van der Waals surface area contributed by atoms with Gasteiger partial charge in [0.25, 0.3) is 5.95 Å². The first-order chi connectivity index (χ1) is 16.2. The van der Waals surface area contributed by atoms with Crippen LogP contribution in [0.5, 0.6) is 0 Å². The molecule has 1 amide bonds. The summed E-state index contributed by atoms with van der Waals surface area (Å²) in [6, 6.07) is 7.96. The molecule has 1 saturated heterocycles. The van der Waals surface area contributed by atoms with Crippen LogP contribution in [0, 0.1) is 18.3 Å². The van der Waals surface area contributed by atoms with E-state index in [4.69, 9.17) is 4.74 Å². The number of carbonyl (C=O) groups is 1. The first-order valence-electron chi connectivity index (χ1n) is 10.8. The van der Waals surface area contributed by atoms with Crippen molar-refractivity contribution in [3.05, 3.63) is 59.2 Å². The van der Waals surface area contributed by atoms with Gasteiger partial charge in [-0.2, -0.15) is 9.94 Å². The molecule has 0 bridgehead atoms. The maximum atomic E-state index is 12.9. The third-order valence-electron chi connectivity index (χ3n) is 5.58. The van der Waals surface area contributed by atoms with Gasteiger partial charge in [-0.15, -0.1) is 5.10 Å². The highest BCUT2D eigenvalue weighted by Crippen LogP contribution is 2.23. The van der Waals surface area contributed by atoms with Crippen LogP contribution in [0.3, 0.4) is 0 Å². The summed E-state index contributed by atoms with van der Waals surface area (Å²) in [5.41, 5.74) is 3.38. The molecule has 2 aromatic heterocycles. The maximum absolute atomic E-state index is 12.9. The van der Waals surface area contributed by atoms with E-state index in [1.54, 1.807) is 12.4 Å². The molecule has 0 spiro atoms. The fourth-order valence-corrected chi connectivity index (χ4v) is 3.77. The van der Waals surface area contributed by atoms with E-state index in [9.17, 15) is 10.1 Å². The Kier molecular flexibility index (Phi) is 7.29. The molecular formula is C22H25N9O2. The maximum Gasteiger partial charge on any atom is 0.253 e. The smallest absolute Gasteiger partial charge is 0.253 e. The van der Waals surface area contributed by atoms with Crippen LogP contribution in [0.1, 0.15) is 34.8 Å². The van der Waals surface area contributed by atoms with Crippen molar-refractivity contribution in [1.82, 2.24) is 40.4 Å². The third kappa shape index (κ3) is 5.54. The molecule has 1 atom stereocenters. The average molecular weight is 448 g/mol. The van der Waals surface area contributed by atoms with Crippen molar-refractivity contribution in [2.24, 2.45) is 0 Å². The lowest BCUT2D eigenvalue weighted by Crippen LogP contribution is -2.41. The minimum absolute atomic E-state index is 0.0188. The first-order valence-corrected chi connectivity index (χ1v) is 10.8. The number of benzene rings is 1. The molecule has 33 heavy (non-hydrogen) atoms. The predicted molar refractivity (Wildman–Crippen MR) is 117 cm³/mol. The normalized spacial score (nSPS) is 17.3. The van der Waals surface area contributed by atoms with E-state index in [1.807, 2.05) is 30.0 Å². The molecule has 0 radical (unpaired) electrons. The lowest BCUT2D eigenvalue weighted by atomic mass is 9.98. The fourth-order valence-electron chi connectivity index (χ4n) is 3.77. The van der Waals surface area contributed by atoms with E-state index in [-0.39, 0.29) is 18.4 Å². The highest BCUT2D eigenvalue weighted by molar-refractivity contribution is 5.78. The lowest BCUT2D eigenvalue weighted by molar-refractivity contribution is -0.130. The monoisotopic (exact) mass is 447 g/mol. The zero-order chi connectivity index (χ0) is 23.0. The summed E-state index contributed by atoms with van der Waals surface area (Å²) in [5.74, 6) is 0.368. The number of hydrogen-bond donors (Lipinski definition) is 1. The molecule has 0 aliphatic carbocycles. The van der Waals surface area contributed by atoms with Crippen molar-refractivity contribution < 1.29 is 9.53 Å². The zero-order valence-electron chi connectivity index (χ0n) is 18.4. The second kappa shape index (κ2) is 10.7. The van der Waals surface area contributed by atoms with Gasteiger partial charge in [-0.3, -0.25) is 4.79 Å². The van der Waals surface area contributed by atoms with E-state index < -0.39 is 0 Å². The number of aromatic nitrogens is 6. The van der Waals surface area contributed by atoms with E-state index in [0.29, 0.717) is 44.3 Å². The summed E-state index contributed by atoms with van der Waals surface area (Å²) in [5, 5.41) is 23.6. The molecule has 1 fully saturated rings. The Bertz CT molecular complexity index is 1100. The van der Waals surface area contributed by atoms with Crippen molar-refractivity contribution in [1.29, 1.82) is 5.26 Å². The Hall–Kier alpha value is -3.75. The summed E-state index contributed by atoms with van der Waals surface area (Å²) in [7, 11) is 0. The molecule has 0 saturated carbocycles. The van der Waals surface area contributed by atoms with Crippen LogP contribution in [0.15, 0.2) is 36.9 Å². The minimum Gasteiger partial charge on any atom is -0.372 e. The van der Waals surface area contributed by atoms with Crippen molar-refractivity contribution in [2.75, 3.05) is 32.8 Å². The molecule has 11 nitrogen and oxygen atoms in total. The predicted octanol–water partition coefficient (Wildman–Crippen LogP) is 0.755. The number of rotatable bonds is 4. The Morgan fingerprint density at radius 1 is 1.30 bits per heavy atom. The molecule has 0 unspecified atom stereocenters. The summed E-state index contributed by atoms with van der Waals surface area (Å²) in [6.07, 6.45) is 5.47. The number of nitrogens with one attached hydrogen (secondary N) is 1. The largest absolute Gasteiger partial charge is 0.372 e. The van der Waals surface area contributed by atoms with Gasteiger partial charge in [0.2, 0.25) is 5.91 Å². The average Bonchev–Trinajstić information content (AvgIpc) is 3.38. The second-order valence-corrected chi connectivity index (χ2v) is 7.75. The molecule has 4 rings (SSSR count). The Morgan fingerprint density at radius 3 is 2.91 bits per heavy atom. The molecule has 11 heteroatoms. The zero-order valence-corrected chi connectivity index (χ0v) is 18.4. The van der Waals surface area contributed by atoms with E-state index in [2.05, 4.69) is 36.9 Å². The number of carbonyl (C=O) groups excluding carboxylic acids is 1. The number of nitriles is 1. The van der Waals surface area contributed by atoms with Gasteiger partial charge in [-0.05, 0) is 46.5 Å². The van der Waals surface area contributed by atoms with Crippen molar-refractivity contribution >= 4 is 5.91 Å². The summed E-state index contributed by atoms with van der Waals surface area (Å²) in [6.45, 7) is 4.95. The van der Waals surface area contributed by atoms with Gasteiger partial charge in [-0.1, -0.05) is 12.1 Å². The summed E-state index contributed by atoms with van der Waals surface area (Å²) in [4.78, 5) is 23.2. The lowest BCUT2D eigenvalue weighted by Gasteiger charge is -2.27. The van der Waals surface area contributed by atoms with Crippen LogP contribution in [0.2, 0.25) is 0 Å². The highest BCUT2D eigenvalue weighted by Gasteiger charge is 2.20. The topological polar surface area (TPSA) is 135 Å². The standard InChI is InChI=1S/C22H25N9O2/c1-16-18(11-23)4-2-5-19(16)20-14-24-6-8-30(7-3-9-33-20)21(32)10-17-12-25-22(26-13-17)31-15-27-28-29-31/h2,4-5,12-13,15,20,24H,3,6-10,14H2,1H3/t20-/m0/s1. The van der Waals surface area contributed by atoms with Crippen LogP contribution in [0.25, 0.3) is 5.95 Å². The van der Waals surface area contributed by atoms with Crippen LogP contribution < -0.4 is 5.32 Å². The fraction of sp³-hybridized carbons (Fsp3) is 0.409. The number of nitrogens with zero attached hydrogens (tertiary/aromatic N) is 8. The molecule has 1 aromatic carbocycles. The van der Waals surface area contributed by atoms with Crippen molar-refractivity contribution in [3.8, 4) is 12.0 Å². The second-order valence-electron chi connectivity index (χ2n) is 7.75. The number of amides is 1. The SMILES string of the molecule is Cc1c(C#N)cccc1[C@@H]1CNCCN(C(=O)Cc2cnc(-n3cnnn3)nc2)CCCO1.